The van der Waals surface area contributed by atoms with Crippen molar-refractivity contribution in [1.82, 2.24) is 0 Å². The lowest BCUT2D eigenvalue weighted by Gasteiger charge is -2.26. The molecule has 0 radical (unpaired) electrons. The maximum Gasteiger partial charge on any atom is 0.136 e. The molecule has 0 bridgehead atoms. The van der Waals surface area contributed by atoms with Crippen LogP contribution in [0, 0.1) is 0 Å². The van der Waals surface area contributed by atoms with Gasteiger partial charge in [-0.25, -0.2) is 0 Å². The van der Waals surface area contributed by atoms with Crippen LogP contribution in [0.1, 0.15) is 0 Å². The van der Waals surface area contributed by atoms with Crippen LogP contribution in [0.4, 0.5) is 17.1 Å². The average Bonchev–Trinajstić information content (AvgIpc) is 3.89. The summed E-state index contributed by atoms with van der Waals surface area (Å²) >= 11 is 1.86. The number of anilines is 3. The molecule has 3 aromatic heterocycles. The molecule has 0 atom stereocenters. The Balaban J connectivity index is 0.941. The van der Waals surface area contributed by atoms with E-state index in [4.69, 9.17) is 8.83 Å². The largest absolute Gasteiger partial charge is 0.456 e. The molecule has 0 saturated carbocycles. The number of nitrogens with zero attached hydrogens (tertiary/aromatic N) is 1. The zero-order chi connectivity index (χ0) is 34.2. The van der Waals surface area contributed by atoms with E-state index < -0.39 is 0 Å². The molecule has 0 unspecified atom stereocenters. The van der Waals surface area contributed by atoms with Gasteiger partial charge in [-0.15, -0.1) is 11.3 Å². The first-order valence-corrected chi connectivity index (χ1v) is 18.3. The Morgan fingerprint density at radius 3 is 1.54 bits per heavy atom. The fourth-order valence-electron chi connectivity index (χ4n) is 7.80. The zero-order valence-corrected chi connectivity index (χ0v) is 28.7. The number of furan rings is 2. The monoisotopic (exact) mass is 683 g/mol. The maximum atomic E-state index is 6.45. The van der Waals surface area contributed by atoms with Crippen LogP contribution in [0.25, 0.3) is 86.3 Å². The SMILES string of the molecule is c1ccc(N(c2ccc(-c3ccc4c(c3)oc3ccc5oc6ccccc6c5c34)cc2)c2ccc(-c3ccc4c(c3)sc3ccccc34)cc2)cc1. The molecule has 0 spiro atoms. The average molecular weight is 684 g/mol. The Morgan fingerprint density at radius 2 is 0.827 bits per heavy atom. The molecule has 8 aromatic carbocycles. The highest BCUT2D eigenvalue weighted by Crippen LogP contribution is 2.42. The fourth-order valence-corrected chi connectivity index (χ4v) is 8.94. The van der Waals surface area contributed by atoms with Crippen molar-refractivity contribution < 1.29 is 8.83 Å². The highest BCUT2D eigenvalue weighted by molar-refractivity contribution is 7.25. The van der Waals surface area contributed by atoms with Gasteiger partial charge in [-0.1, -0.05) is 97.1 Å². The predicted molar refractivity (Wildman–Crippen MR) is 219 cm³/mol. The van der Waals surface area contributed by atoms with Crippen LogP contribution in [-0.4, -0.2) is 0 Å². The van der Waals surface area contributed by atoms with Gasteiger partial charge in [0.2, 0.25) is 0 Å². The highest BCUT2D eigenvalue weighted by Gasteiger charge is 2.18. The molecule has 0 saturated heterocycles. The van der Waals surface area contributed by atoms with Gasteiger partial charge in [-0.2, -0.15) is 0 Å². The molecule has 0 amide bonds. The summed E-state index contributed by atoms with van der Waals surface area (Å²) in [5.41, 5.74) is 11.5. The number of para-hydroxylation sites is 2. The Labute approximate surface area is 303 Å². The summed E-state index contributed by atoms with van der Waals surface area (Å²) in [6.45, 7) is 0. The lowest BCUT2D eigenvalue weighted by molar-refractivity contribution is 0.663. The third-order valence-corrected chi connectivity index (χ3v) is 11.4. The molecule has 11 aromatic rings. The minimum absolute atomic E-state index is 0.867. The summed E-state index contributed by atoms with van der Waals surface area (Å²) in [6.07, 6.45) is 0. The molecule has 0 aliphatic heterocycles. The number of benzene rings is 8. The molecule has 3 nitrogen and oxygen atoms in total. The fraction of sp³-hybridized carbons (Fsp3) is 0. The van der Waals surface area contributed by atoms with E-state index in [2.05, 4.69) is 157 Å². The van der Waals surface area contributed by atoms with Crippen LogP contribution >= 0.6 is 11.3 Å². The number of thiophene rings is 1. The van der Waals surface area contributed by atoms with Crippen LogP contribution < -0.4 is 4.90 Å². The molecule has 0 N–H and O–H groups in total. The Hall–Kier alpha value is -6.62. The third-order valence-electron chi connectivity index (χ3n) is 10.3. The highest BCUT2D eigenvalue weighted by atomic mass is 32.1. The van der Waals surface area contributed by atoms with Gasteiger partial charge < -0.3 is 13.7 Å². The van der Waals surface area contributed by atoms with E-state index in [1.54, 1.807) is 0 Å². The molecule has 0 aliphatic rings. The lowest BCUT2D eigenvalue weighted by Crippen LogP contribution is -2.09. The van der Waals surface area contributed by atoms with Gasteiger partial charge in [0.1, 0.15) is 22.3 Å². The Morgan fingerprint density at radius 1 is 0.327 bits per heavy atom. The molecular weight excluding hydrogens is 655 g/mol. The third kappa shape index (κ3) is 4.58. The minimum atomic E-state index is 0.867. The molecule has 244 valence electrons. The number of rotatable bonds is 5. The summed E-state index contributed by atoms with van der Waals surface area (Å²) in [5.74, 6) is 0. The van der Waals surface area contributed by atoms with E-state index >= 15 is 0 Å². The summed E-state index contributed by atoms with van der Waals surface area (Å²) in [4.78, 5) is 2.31. The van der Waals surface area contributed by atoms with Gasteiger partial charge >= 0.3 is 0 Å². The van der Waals surface area contributed by atoms with Gasteiger partial charge in [0, 0.05) is 58.8 Å². The van der Waals surface area contributed by atoms with Crippen LogP contribution in [0.3, 0.4) is 0 Å². The van der Waals surface area contributed by atoms with Gasteiger partial charge in [-0.3, -0.25) is 0 Å². The number of hydrogen-bond acceptors (Lipinski definition) is 4. The van der Waals surface area contributed by atoms with Gasteiger partial charge in [0.25, 0.3) is 0 Å². The van der Waals surface area contributed by atoms with E-state index in [0.29, 0.717) is 0 Å². The molecule has 0 fully saturated rings. The number of fused-ring (bicyclic) bond motifs is 10. The molecule has 11 rings (SSSR count). The van der Waals surface area contributed by atoms with Crippen LogP contribution in [0.2, 0.25) is 0 Å². The Bertz CT molecular complexity index is 3110. The Kier molecular flexibility index (Phi) is 6.42. The van der Waals surface area contributed by atoms with E-state index in [9.17, 15) is 0 Å². The van der Waals surface area contributed by atoms with Crippen molar-refractivity contribution in [3.8, 4) is 22.3 Å². The molecular formula is C48H29NO2S. The maximum absolute atomic E-state index is 6.45. The van der Waals surface area contributed by atoms with Crippen LogP contribution in [0.15, 0.2) is 185 Å². The van der Waals surface area contributed by atoms with Crippen LogP contribution in [-0.2, 0) is 0 Å². The first kappa shape index (κ1) is 29.1. The van der Waals surface area contributed by atoms with Crippen molar-refractivity contribution in [2.24, 2.45) is 0 Å². The van der Waals surface area contributed by atoms with Gasteiger partial charge in [0.05, 0.1) is 0 Å². The van der Waals surface area contributed by atoms with Crippen molar-refractivity contribution in [3.63, 3.8) is 0 Å². The zero-order valence-electron chi connectivity index (χ0n) is 27.9. The van der Waals surface area contributed by atoms with E-state index in [-0.39, 0.29) is 0 Å². The second kappa shape index (κ2) is 11.5. The topological polar surface area (TPSA) is 29.5 Å². The summed E-state index contributed by atoms with van der Waals surface area (Å²) in [6, 6.07) is 62.5. The van der Waals surface area contributed by atoms with E-state index in [0.717, 1.165) is 72.1 Å². The summed E-state index contributed by atoms with van der Waals surface area (Å²) in [7, 11) is 0. The van der Waals surface area contributed by atoms with Crippen molar-refractivity contribution >= 4 is 92.4 Å². The second-order valence-corrected chi connectivity index (χ2v) is 14.4. The second-order valence-electron chi connectivity index (χ2n) is 13.3. The predicted octanol–water partition coefficient (Wildman–Crippen LogP) is 14.7. The standard InChI is InChI=1S/C48H29NO2S/c1-2-8-34(9-3-1)49(36-22-16-31(17-23-36)33-18-24-38-37-10-5-7-13-45(37)52-46(38)29-33)35-20-14-30(15-21-35)32-19-25-40-44(28-32)51-43-27-26-42-47(48(40)43)39-11-4-6-12-41(39)50-42/h1-29H. The normalized spacial score (nSPS) is 11.8. The smallest absolute Gasteiger partial charge is 0.136 e. The molecule has 52 heavy (non-hydrogen) atoms. The summed E-state index contributed by atoms with van der Waals surface area (Å²) in [5, 5.41) is 7.06. The first-order chi connectivity index (χ1) is 25.7. The van der Waals surface area contributed by atoms with E-state index in [1.165, 1.54) is 31.3 Å². The van der Waals surface area contributed by atoms with E-state index in [1.807, 2.05) is 35.6 Å². The van der Waals surface area contributed by atoms with Crippen LogP contribution in [0.5, 0.6) is 0 Å². The van der Waals surface area contributed by atoms with Gasteiger partial charge in [0.15, 0.2) is 0 Å². The molecule has 4 heteroatoms. The van der Waals surface area contributed by atoms with Crippen molar-refractivity contribution in [1.29, 1.82) is 0 Å². The van der Waals surface area contributed by atoms with Crippen molar-refractivity contribution in [3.05, 3.63) is 176 Å². The molecule has 0 aliphatic carbocycles. The molecule has 3 heterocycles. The van der Waals surface area contributed by atoms with Gasteiger partial charge in [-0.05, 0) is 101 Å². The minimum Gasteiger partial charge on any atom is -0.456 e. The summed E-state index contributed by atoms with van der Waals surface area (Å²) < 4.78 is 15.3. The first-order valence-electron chi connectivity index (χ1n) is 17.5. The quantitative estimate of drug-likeness (QED) is 0.181. The lowest BCUT2D eigenvalue weighted by atomic mass is 10.0. The van der Waals surface area contributed by atoms with Crippen molar-refractivity contribution in [2.45, 2.75) is 0 Å². The number of hydrogen-bond donors (Lipinski definition) is 0. The van der Waals surface area contributed by atoms with Crippen molar-refractivity contribution in [2.75, 3.05) is 4.90 Å².